The molecule has 1 rings (SSSR count). The number of carbonyl (C=O) groups excluding carboxylic acids is 2. The summed E-state index contributed by atoms with van der Waals surface area (Å²) in [6.45, 7) is 5.65. The molecule has 0 spiro atoms. The second kappa shape index (κ2) is 52.5. The van der Waals surface area contributed by atoms with Crippen LogP contribution in [0.25, 0.3) is 0 Å². The van der Waals surface area contributed by atoms with E-state index in [1.54, 1.807) is 6.08 Å². The number of unbranched alkanes of at least 4 members (excludes halogenated alkanes) is 25. The first-order valence-electron chi connectivity index (χ1n) is 30.9. The molecule has 0 aromatic rings. The van der Waals surface area contributed by atoms with Crippen LogP contribution in [0, 0.1) is 0 Å². The van der Waals surface area contributed by atoms with E-state index in [9.17, 15) is 35.1 Å². The maximum Gasteiger partial charge on any atom is 0.306 e. The lowest BCUT2D eigenvalue weighted by Crippen LogP contribution is -2.61. The van der Waals surface area contributed by atoms with Gasteiger partial charge in [-0.2, -0.15) is 0 Å². The predicted molar refractivity (Wildman–Crippen MR) is 315 cm³/mol. The first kappa shape index (κ1) is 70.9. The zero-order valence-electron chi connectivity index (χ0n) is 48.3. The monoisotopic (exact) mass is 1070 g/mol. The van der Waals surface area contributed by atoms with Crippen LogP contribution in [-0.2, 0) is 23.8 Å². The van der Waals surface area contributed by atoms with E-state index in [2.05, 4.69) is 99.0 Å². The Hall–Kier alpha value is -3.16. The van der Waals surface area contributed by atoms with Crippen molar-refractivity contribution in [2.24, 2.45) is 0 Å². The highest BCUT2D eigenvalue weighted by Crippen LogP contribution is 2.26. The second-order valence-electron chi connectivity index (χ2n) is 21.1. The van der Waals surface area contributed by atoms with Crippen LogP contribution in [0.2, 0.25) is 0 Å². The molecule has 1 aliphatic rings. The Bertz CT molecular complexity index is 1560. The summed E-state index contributed by atoms with van der Waals surface area (Å²) in [6.07, 6.45) is 57.6. The number of aliphatic hydroxyl groups excluding tert-OH is 5. The summed E-state index contributed by atoms with van der Waals surface area (Å²) in [5, 5.41) is 56.9. The van der Waals surface area contributed by atoms with E-state index in [0.29, 0.717) is 12.8 Å². The molecule has 76 heavy (non-hydrogen) atoms. The predicted octanol–water partition coefficient (Wildman–Crippen LogP) is 14.6. The Kier molecular flexibility index (Phi) is 49.0. The van der Waals surface area contributed by atoms with Crippen LogP contribution in [0.4, 0.5) is 0 Å². The average molecular weight is 1070 g/mol. The van der Waals surface area contributed by atoms with E-state index in [0.717, 1.165) is 103 Å². The van der Waals surface area contributed by atoms with Crippen LogP contribution in [0.1, 0.15) is 252 Å². The van der Waals surface area contributed by atoms with Crippen molar-refractivity contribution in [3.05, 3.63) is 85.1 Å². The number of rotatable bonds is 51. The Morgan fingerprint density at radius 3 is 1.42 bits per heavy atom. The van der Waals surface area contributed by atoms with E-state index >= 15 is 0 Å². The van der Waals surface area contributed by atoms with Crippen molar-refractivity contribution < 1.29 is 49.3 Å². The third kappa shape index (κ3) is 40.1. The molecule has 0 aromatic heterocycles. The van der Waals surface area contributed by atoms with Crippen molar-refractivity contribution in [3.63, 3.8) is 0 Å². The van der Waals surface area contributed by atoms with Crippen LogP contribution in [0.3, 0.4) is 0 Å². The molecule has 11 heteroatoms. The van der Waals surface area contributed by atoms with E-state index < -0.39 is 67.4 Å². The van der Waals surface area contributed by atoms with Gasteiger partial charge in [-0.05, 0) is 77.0 Å². The van der Waals surface area contributed by atoms with Gasteiger partial charge in [0.15, 0.2) is 12.4 Å². The molecule has 0 aromatic carbocycles. The minimum atomic E-state index is -1.63. The largest absolute Gasteiger partial charge is 0.454 e. The summed E-state index contributed by atoms with van der Waals surface area (Å²) < 4.78 is 17.6. The van der Waals surface area contributed by atoms with Gasteiger partial charge in [-0.15, -0.1) is 0 Å². The first-order chi connectivity index (χ1) is 37.2. The Morgan fingerprint density at radius 1 is 0.526 bits per heavy atom. The molecule has 0 radical (unpaired) electrons. The van der Waals surface area contributed by atoms with Gasteiger partial charge < -0.3 is 45.1 Å². The fourth-order valence-corrected chi connectivity index (χ4v) is 9.18. The van der Waals surface area contributed by atoms with Crippen LogP contribution in [0.5, 0.6) is 0 Å². The smallest absolute Gasteiger partial charge is 0.306 e. The number of allylic oxidation sites excluding steroid dienone is 13. The van der Waals surface area contributed by atoms with Crippen LogP contribution in [0.15, 0.2) is 85.1 Å². The van der Waals surface area contributed by atoms with Crippen molar-refractivity contribution in [3.8, 4) is 0 Å². The number of carbonyl (C=O) groups is 2. The van der Waals surface area contributed by atoms with Gasteiger partial charge in [0, 0.05) is 6.42 Å². The maximum atomic E-state index is 13.4. The van der Waals surface area contributed by atoms with Crippen LogP contribution in [-0.4, -0.2) is 99.6 Å². The Morgan fingerprint density at radius 2 is 0.947 bits per heavy atom. The highest BCUT2D eigenvalue weighted by Gasteiger charge is 2.47. The zero-order valence-corrected chi connectivity index (χ0v) is 48.3. The first-order valence-corrected chi connectivity index (χ1v) is 30.9. The number of aliphatic hydroxyl groups is 5. The summed E-state index contributed by atoms with van der Waals surface area (Å²) >= 11 is 0. The Balaban J connectivity index is 2.67. The molecule has 1 heterocycles. The molecule has 11 nitrogen and oxygen atoms in total. The number of esters is 1. The highest BCUT2D eigenvalue weighted by atomic mass is 16.7. The lowest BCUT2D eigenvalue weighted by Gasteiger charge is -2.41. The summed E-state index contributed by atoms with van der Waals surface area (Å²) in [7, 11) is 0. The van der Waals surface area contributed by atoms with Gasteiger partial charge in [0.05, 0.1) is 25.4 Å². The molecule has 0 saturated carbocycles. The van der Waals surface area contributed by atoms with Gasteiger partial charge in [0.2, 0.25) is 5.91 Å². The lowest BCUT2D eigenvalue weighted by molar-refractivity contribution is -0.305. The standard InChI is InChI=1S/C65H113NO10/c1-4-7-10-13-16-19-22-25-26-27-28-29-30-31-32-33-34-35-38-41-44-47-50-53-60(70)76-63-62(72)61(71)59(54-67)75-65(63)74-55-56(57(68)51-48-45-42-39-36-23-20-17-14-11-8-5-2)66-64(73)58(69)52-49-46-43-40-37-24-21-18-15-12-9-6-3/h7,10,16,19,25-26,28-29,31-32,34-35,48,51,56-59,61-63,65,67-69,71-72H,4-6,8-9,11-15,17-18,20-24,27,30,33,36-47,49-50,52-55H2,1-3H3,(H,66,73)/b10-7-,19-16-,26-25-,29-28-,32-31-,35-34-,51-48+. The molecule has 1 saturated heterocycles. The molecule has 6 N–H and O–H groups in total. The topological polar surface area (TPSA) is 175 Å². The highest BCUT2D eigenvalue weighted by molar-refractivity contribution is 5.80. The molecule has 8 atom stereocenters. The van der Waals surface area contributed by atoms with E-state index in [4.69, 9.17) is 14.2 Å². The molecule has 0 bridgehead atoms. The molecule has 438 valence electrons. The van der Waals surface area contributed by atoms with Gasteiger partial charge in [-0.25, -0.2) is 0 Å². The molecular weight excluding hydrogens is 955 g/mol. The fraction of sp³-hybridized carbons (Fsp3) is 0.754. The quantitative estimate of drug-likeness (QED) is 0.0195. The number of hydrogen-bond acceptors (Lipinski definition) is 10. The minimum Gasteiger partial charge on any atom is -0.454 e. The zero-order chi connectivity index (χ0) is 55.4. The van der Waals surface area contributed by atoms with Gasteiger partial charge in [0.1, 0.15) is 24.4 Å². The maximum absolute atomic E-state index is 13.4. The van der Waals surface area contributed by atoms with Gasteiger partial charge in [-0.1, -0.05) is 254 Å². The normalized spacial score (nSPS) is 19.7. The average Bonchev–Trinajstić information content (AvgIpc) is 3.42. The summed E-state index contributed by atoms with van der Waals surface area (Å²) in [5.74, 6) is -1.22. The van der Waals surface area contributed by atoms with Crippen LogP contribution < -0.4 is 5.32 Å². The van der Waals surface area contributed by atoms with Crippen molar-refractivity contribution in [1.29, 1.82) is 0 Å². The lowest BCUT2D eigenvalue weighted by atomic mass is 9.99. The van der Waals surface area contributed by atoms with Crippen molar-refractivity contribution >= 4 is 11.9 Å². The molecule has 0 aliphatic carbocycles. The second-order valence-corrected chi connectivity index (χ2v) is 21.1. The SMILES string of the molecule is CC/C=C\C/C=C\C/C=C\C/C=C\C/C=C\C/C=C\CCCCCCC(=O)OC1C(OCC(NC(=O)C(O)CCCCCCCCCCCCCC)C(O)/C=C/CCCCCCCCCCCC)OC(CO)C(O)C1O. The number of hydrogen-bond donors (Lipinski definition) is 6. The molecular formula is C65H113NO10. The molecule has 1 amide bonds. The number of amides is 1. The summed E-state index contributed by atoms with van der Waals surface area (Å²) in [5.41, 5.74) is 0. The van der Waals surface area contributed by atoms with Gasteiger partial charge in [0.25, 0.3) is 0 Å². The van der Waals surface area contributed by atoms with Gasteiger partial charge in [-0.3, -0.25) is 9.59 Å². The van der Waals surface area contributed by atoms with E-state index in [-0.39, 0.29) is 19.4 Å². The molecule has 8 unspecified atom stereocenters. The summed E-state index contributed by atoms with van der Waals surface area (Å²) in [4.78, 5) is 26.5. The van der Waals surface area contributed by atoms with Crippen LogP contribution >= 0.6 is 0 Å². The molecule has 1 aliphatic heterocycles. The van der Waals surface area contributed by atoms with Crippen molar-refractivity contribution in [1.82, 2.24) is 5.32 Å². The number of nitrogens with one attached hydrogen (secondary N) is 1. The van der Waals surface area contributed by atoms with Gasteiger partial charge >= 0.3 is 5.97 Å². The minimum absolute atomic E-state index is 0.0910. The third-order valence-corrected chi connectivity index (χ3v) is 14.1. The third-order valence-electron chi connectivity index (χ3n) is 14.1. The fourth-order valence-electron chi connectivity index (χ4n) is 9.18. The van der Waals surface area contributed by atoms with E-state index in [1.165, 1.54) is 103 Å². The molecule has 1 fully saturated rings. The summed E-state index contributed by atoms with van der Waals surface area (Å²) in [6, 6.07) is -1.03. The van der Waals surface area contributed by atoms with Crippen molar-refractivity contribution in [2.45, 2.75) is 301 Å². The number of ether oxygens (including phenoxy) is 3. The van der Waals surface area contributed by atoms with Crippen molar-refractivity contribution in [2.75, 3.05) is 13.2 Å². The van der Waals surface area contributed by atoms with E-state index in [1.807, 2.05) is 6.08 Å². The Labute approximate surface area is 463 Å².